The van der Waals surface area contributed by atoms with E-state index >= 15 is 0 Å². The minimum Gasteiger partial charge on any atom is -0.484 e. The van der Waals surface area contributed by atoms with E-state index in [4.69, 9.17) is 17.0 Å². The molecule has 166 valence electrons. The maximum Gasteiger partial charge on any atom is 0.276 e. The number of hydrogen-bond acceptors (Lipinski definition) is 4. The van der Waals surface area contributed by atoms with E-state index in [2.05, 4.69) is 52.9 Å². The monoisotopic (exact) mass is 513 g/mol. The van der Waals surface area contributed by atoms with E-state index in [1.54, 1.807) is 18.2 Å². The molecule has 32 heavy (non-hydrogen) atoms. The van der Waals surface area contributed by atoms with Crippen LogP contribution in [-0.4, -0.2) is 23.5 Å². The highest BCUT2D eigenvalue weighted by Gasteiger charge is 2.18. The summed E-state index contributed by atoms with van der Waals surface area (Å²) >= 11 is 8.60. The fourth-order valence-electron chi connectivity index (χ4n) is 3.04. The van der Waals surface area contributed by atoms with Crippen LogP contribution in [0, 0.1) is 0 Å². The van der Waals surface area contributed by atoms with Crippen molar-refractivity contribution >= 4 is 55.8 Å². The molecule has 0 bridgehead atoms. The van der Waals surface area contributed by atoms with Crippen LogP contribution in [-0.2, 0) is 10.2 Å². The molecule has 0 unspecified atom stereocenters. The fraction of sp³-hybridized carbons (Fsp3) is 0.208. The Labute approximate surface area is 200 Å². The molecule has 0 aliphatic carbocycles. The molecule has 0 atom stereocenters. The number of halogens is 1. The minimum atomic E-state index is -0.438. The molecule has 0 fully saturated rings. The Balaban J connectivity index is 1.47. The molecule has 0 aliphatic rings. The molecule has 0 radical (unpaired) electrons. The number of carbonyl (C=O) groups excluding carboxylic acids is 2. The molecule has 0 spiro atoms. The van der Waals surface area contributed by atoms with Gasteiger partial charge in [0.25, 0.3) is 11.8 Å². The summed E-state index contributed by atoms with van der Waals surface area (Å²) in [6.45, 7) is 6.08. The van der Waals surface area contributed by atoms with Crippen molar-refractivity contribution in [2.75, 3.05) is 6.61 Å². The number of hydrogen-bond donors (Lipinski definition) is 3. The summed E-state index contributed by atoms with van der Waals surface area (Å²) < 4.78 is 6.37. The van der Waals surface area contributed by atoms with Gasteiger partial charge in [-0.05, 0) is 58.2 Å². The van der Waals surface area contributed by atoms with Gasteiger partial charge in [-0.15, -0.1) is 0 Å². The van der Waals surface area contributed by atoms with Crippen molar-refractivity contribution in [3.63, 3.8) is 0 Å². The Bertz CT molecular complexity index is 1170. The number of thiocarbonyl (C=S) groups is 1. The van der Waals surface area contributed by atoms with Crippen molar-refractivity contribution in [3.05, 3.63) is 76.3 Å². The van der Waals surface area contributed by atoms with Crippen molar-refractivity contribution in [2.45, 2.75) is 26.2 Å². The molecule has 3 aromatic rings. The van der Waals surface area contributed by atoms with Gasteiger partial charge in [0, 0.05) is 10.0 Å². The molecule has 3 rings (SSSR count). The zero-order valence-electron chi connectivity index (χ0n) is 18.0. The minimum absolute atomic E-state index is 0.0231. The van der Waals surface area contributed by atoms with Crippen molar-refractivity contribution in [1.29, 1.82) is 0 Å². The SMILES string of the molecule is CC(C)(C)c1ccc(C(=O)NC(=S)NNC(=O)COc2ccc3ccccc3c2)cc1Br. The molecule has 3 aromatic carbocycles. The zero-order chi connectivity index (χ0) is 23.3. The second-order valence-electron chi connectivity index (χ2n) is 8.20. The van der Waals surface area contributed by atoms with Crippen LogP contribution in [0.25, 0.3) is 10.8 Å². The Hall–Kier alpha value is -2.97. The summed E-state index contributed by atoms with van der Waals surface area (Å²) in [7, 11) is 0. The molecular formula is C24H24BrN3O3S. The normalized spacial score (nSPS) is 11.0. The molecule has 0 aromatic heterocycles. The Kier molecular flexibility index (Phi) is 7.48. The second kappa shape index (κ2) is 10.1. The van der Waals surface area contributed by atoms with E-state index in [0.29, 0.717) is 11.3 Å². The quantitative estimate of drug-likeness (QED) is 0.350. The number of benzene rings is 3. The van der Waals surface area contributed by atoms with E-state index in [9.17, 15) is 9.59 Å². The van der Waals surface area contributed by atoms with E-state index in [1.807, 2.05) is 42.5 Å². The van der Waals surface area contributed by atoms with E-state index < -0.39 is 5.91 Å². The Morgan fingerprint density at radius 2 is 1.69 bits per heavy atom. The van der Waals surface area contributed by atoms with Gasteiger partial charge < -0.3 is 4.74 Å². The molecular weight excluding hydrogens is 490 g/mol. The molecule has 0 saturated heterocycles. The molecule has 2 amide bonds. The summed E-state index contributed by atoms with van der Waals surface area (Å²) in [5.74, 6) is -0.239. The number of hydrazine groups is 1. The first-order valence-corrected chi connectivity index (χ1v) is 11.2. The second-order valence-corrected chi connectivity index (χ2v) is 9.46. The standard InChI is InChI=1S/C24H24BrN3O3S/c1-24(2,3)19-11-9-17(13-20(19)25)22(30)26-23(32)28-27-21(29)14-31-18-10-8-15-6-4-5-7-16(15)12-18/h4-13H,14H2,1-3H3,(H,27,29)(H2,26,28,30,32). The lowest BCUT2D eigenvalue weighted by atomic mass is 9.86. The van der Waals surface area contributed by atoms with Gasteiger partial charge in [-0.3, -0.25) is 25.8 Å². The van der Waals surface area contributed by atoms with Crippen molar-refractivity contribution in [3.8, 4) is 5.75 Å². The largest absolute Gasteiger partial charge is 0.484 e. The van der Waals surface area contributed by atoms with Gasteiger partial charge >= 0.3 is 0 Å². The van der Waals surface area contributed by atoms with Gasteiger partial charge in [0.15, 0.2) is 11.7 Å². The van der Waals surface area contributed by atoms with Gasteiger partial charge in [-0.25, -0.2) is 0 Å². The maximum atomic E-state index is 12.4. The van der Waals surface area contributed by atoms with Gasteiger partial charge in [-0.1, -0.05) is 73.1 Å². The summed E-state index contributed by atoms with van der Waals surface area (Å²) in [5, 5.41) is 4.63. The average Bonchev–Trinajstić information content (AvgIpc) is 2.75. The van der Waals surface area contributed by atoms with Gasteiger partial charge in [0.2, 0.25) is 0 Å². The third-order valence-corrected chi connectivity index (χ3v) is 5.53. The third kappa shape index (κ3) is 6.27. The Morgan fingerprint density at radius 3 is 2.38 bits per heavy atom. The van der Waals surface area contributed by atoms with Crippen LogP contribution in [0.15, 0.2) is 65.1 Å². The third-order valence-electron chi connectivity index (χ3n) is 4.67. The van der Waals surface area contributed by atoms with Crippen LogP contribution in [0.1, 0.15) is 36.7 Å². The van der Waals surface area contributed by atoms with Crippen LogP contribution >= 0.6 is 28.1 Å². The summed E-state index contributed by atoms with van der Waals surface area (Å²) in [5.41, 5.74) is 6.40. The summed E-state index contributed by atoms with van der Waals surface area (Å²) in [6, 6.07) is 18.9. The first kappa shape index (κ1) is 23.7. The number of carbonyl (C=O) groups is 2. The number of ether oxygens (including phenoxy) is 1. The molecule has 0 saturated carbocycles. The van der Waals surface area contributed by atoms with Crippen molar-refractivity contribution in [1.82, 2.24) is 16.2 Å². The predicted octanol–water partition coefficient (Wildman–Crippen LogP) is 4.61. The first-order chi connectivity index (χ1) is 15.1. The van der Waals surface area contributed by atoms with Crippen LogP contribution < -0.4 is 20.9 Å². The number of fused-ring (bicyclic) bond motifs is 1. The first-order valence-electron chi connectivity index (χ1n) is 9.95. The number of amides is 2. The summed E-state index contributed by atoms with van der Waals surface area (Å²) in [4.78, 5) is 24.5. The molecule has 0 heterocycles. The van der Waals surface area contributed by atoms with Crippen molar-refractivity contribution in [2.24, 2.45) is 0 Å². The predicted molar refractivity (Wildman–Crippen MR) is 134 cm³/mol. The lowest BCUT2D eigenvalue weighted by Crippen LogP contribution is -2.49. The van der Waals surface area contributed by atoms with Crippen LogP contribution in [0.2, 0.25) is 0 Å². The lowest BCUT2D eigenvalue weighted by Gasteiger charge is -2.21. The molecule has 6 nitrogen and oxygen atoms in total. The smallest absolute Gasteiger partial charge is 0.276 e. The maximum absolute atomic E-state index is 12.4. The highest BCUT2D eigenvalue weighted by molar-refractivity contribution is 9.10. The topological polar surface area (TPSA) is 79.5 Å². The fourth-order valence-corrected chi connectivity index (χ4v) is 4.16. The zero-order valence-corrected chi connectivity index (χ0v) is 20.4. The van der Waals surface area contributed by atoms with E-state index in [1.165, 1.54) is 0 Å². The van der Waals surface area contributed by atoms with Gasteiger partial charge in [0.05, 0.1) is 0 Å². The van der Waals surface area contributed by atoms with Crippen molar-refractivity contribution < 1.29 is 14.3 Å². The molecule has 8 heteroatoms. The van der Waals surface area contributed by atoms with Gasteiger partial charge in [-0.2, -0.15) is 0 Å². The highest BCUT2D eigenvalue weighted by atomic mass is 79.9. The number of nitrogens with one attached hydrogen (secondary N) is 3. The lowest BCUT2D eigenvalue weighted by molar-refractivity contribution is -0.123. The highest BCUT2D eigenvalue weighted by Crippen LogP contribution is 2.30. The van der Waals surface area contributed by atoms with Crippen LogP contribution in [0.5, 0.6) is 5.75 Å². The molecule has 3 N–H and O–H groups in total. The van der Waals surface area contributed by atoms with Crippen LogP contribution in [0.4, 0.5) is 0 Å². The molecule has 0 aliphatic heterocycles. The van der Waals surface area contributed by atoms with Gasteiger partial charge in [0.1, 0.15) is 5.75 Å². The van der Waals surface area contributed by atoms with Crippen LogP contribution in [0.3, 0.4) is 0 Å². The van der Waals surface area contributed by atoms with E-state index in [0.717, 1.165) is 20.8 Å². The average molecular weight is 514 g/mol. The number of rotatable bonds is 4. The Morgan fingerprint density at radius 1 is 0.969 bits per heavy atom. The summed E-state index contributed by atoms with van der Waals surface area (Å²) in [6.07, 6.45) is 0. The van der Waals surface area contributed by atoms with E-state index in [-0.39, 0.29) is 23.0 Å².